The molecule has 21 aromatic rings. The van der Waals surface area contributed by atoms with Crippen LogP contribution in [0.5, 0.6) is 0 Å². The number of ketones is 1. The van der Waals surface area contributed by atoms with Gasteiger partial charge in [-0.25, -0.2) is 14.2 Å². The summed E-state index contributed by atoms with van der Waals surface area (Å²) in [6.07, 6.45) is 14.2. The Kier molecular flexibility index (Phi) is 36.5. The van der Waals surface area contributed by atoms with Crippen molar-refractivity contribution in [2.75, 3.05) is 14.2 Å². The van der Waals surface area contributed by atoms with Crippen LogP contribution >= 0.6 is 0 Å². The van der Waals surface area contributed by atoms with E-state index in [0.29, 0.717) is 11.5 Å². The number of benzene rings is 14. The van der Waals surface area contributed by atoms with Crippen molar-refractivity contribution in [2.45, 2.75) is 108 Å². The second-order valence-electron chi connectivity index (χ2n) is 36.2. The van der Waals surface area contributed by atoms with Gasteiger partial charge in [0.25, 0.3) is 0 Å². The molecule has 4 radical (unpaired) electrons. The van der Waals surface area contributed by atoms with E-state index in [0.717, 1.165) is 71.9 Å². The first-order chi connectivity index (χ1) is 63.0. The molecule has 7 heterocycles. The number of carbonyl (C=O) groups excluding carboxylic acids is 2. The molecule has 688 valence electrons. The van der Waals surface area contributed by atoms with E-state index >= 15 is 0 Å². The van der Waals surface area contributed by atoms with Gasteiger partial charge in [-0.3, -0.25) is 14.8 Å². The molecule has 0 saturated heterocycles. The predicted octanol–water partition coefficient (Wildman–Crippen LogP) is 30.2. The van der Waals surface area contributed by atoms with Crippen LogP contribution in [0.25, 0.3) is 152 Å². The second kappa shape index (κ2) is 47.1. The average molecular weight is 2490 g/mol. The first-order valence-corrected chi connectivity index (χ1v) is 43.9. The molecule has 11 nitrogen and oxygen atoms in total. The van der Waals surface area contributed by atoms with Crippen LogP contribution in [0, 0.1) is 54.8 Å². The SMILES string of the molecule is CC(C)(C)c1ccc2c(cnc3c4[c-]cccc4ccc23)c1.CO/C(=C\C(=[OH+])C(C)(C)C)C(C)(C)C.COC(=O)c1ccccn1.Cc1cc(C(C)(C)C)ccc1-c1ccccn1.Cc1ccccc1-c1ccc(F)cn1.[Ir].[Ir].[Ir].[Ir].[c-]1cccc2ccc3c4ccccc4cnc3c12.[c-]1cccc2ccc3c4ccccc4cnc3c12.[c-]1cccc2ccc3c4ccccc4cnc3c12. The van der Waals surface area contributed by atoms with E-state index in [-0.39, 0.29) is 108 Å². The van der Waals surface area contributed by atoms with E-state index in [1.54, 1.807) is 43.6 Å². The number of halogens is 1. The molecule has 0 bridgehead atoms. The fourth-order valence-electron chi connectivity index (χ4n) is 15.5. The van der Waals surface area contributed by atoms with E-state index < -0.39 is 5.97 Å². The molecule has 0 aliphatic rings. The van der Waals surface area contributed by atoms with Crippen LogP contribution in [0.3, 0.4) is 0 Å². The maximum absolute atomic E-state index is 12.6. The molecule has 0 amide bonds. The zero-order valence-electron chi connectivity index (χ0n) is 78.5. The van der Waals surface area contributed by atoms with Crippen molar-refractivity contribution in [1.82, 2.24) is 34.9 Å². The van der Waals surface area contributed by atoms with Crippen molar-refractivity contribution in [3.63, 3.8) is 0 Å². The van der Waals surface area contributed by atoms with Gasteiger partial charge in [-0.1, -0.05) is 250 Å². The van der Waals surface area contributed by atoms with Crippen LogP contribution in [0.2, 0.25) is 0 Å². The van der Waals surface area contributed by atoms with Crippen molar-refractivity contribution < 1.29 is 104 Å². The summed E-state index contributed by atoms with van der Waals surface area (Å²) < 4.78 is 22.3. The van der Waals surface area contributed by atoms with Gasteiger partial charge in [-0.05, 0) is 197 Å². The van der Waals surface area contributed by atoms with Gasteiger partial charge >= 0.3 is 11.8 Å². The van der Waals surface area contributed by atoms with Crippen LogP contribution < -0.4 is 0 Å². The number of allylic oxidation sites excluding steroid dienone is 2. The minimum absolute atomic E-state index is 0. The van der Waals surface area contributed by atoms with Crippen LogP contribution in [0.15, 0.2) is 359 Å². The van der Waals surface area contributed by atoms with E-state index in [1.807, 2.05) is 162 Å². The van der Waals surface area contributed by atoms with Crippen LogP contribution in [-0.4, -0.2) is 65.7 Å². The molecule has 0 atom stereocenters. The molecule has 7 aromatic heterocycles. The smallest absolute Gasteiger partial charge is 0.356 e. The fourth-order valence-corrected chi connectivity index (χ4v) is 15.5. The number of nitrogens with zero attached hydrogens (tertiary/aromatic N) is 7. The Bertz CT molecular complexity index is 7130. The molecule has 0 saturated carbocycles. The van der Waals surface area contributed by atoms with Gasteiger partial charge in [0.05, 0.1) is 43.3 Å². The van der Waals surface area contributed by atoms with E-state index in [4.69, 9.17) is 9.72 Å². The number of carbonyl (C=O) groups is 1. The standard InChI is InChI=1S/C21H18N.3C17H10N.C16H19N.C12H10FN.C12H22O2.C7H7NO2.4Ir/c1-21(2,3)16-9-11-17-15(12-16)13-22-20-18-7-5-4-6-14(18)8-10-19(17)20;3*1-4-8-15-12(5-1)9-10-16-14-7-3-2-6-13(14)11-18-17(15)16;1-12-11-13(16(2,3)4)8-9-14(12)15-7-5-6-10-17-15;1-9-4-2-3-5-11(9)12-7-6-10(13)8-14-12;1-11(2,3)9(13)8-10(14-7)12(4,5)6;1-10-7(9)6-4-2-3-5-8-6;;;;/h4-6,8-13H,1-3H3;3*1-7,9-11H;5-11H,1-4H3;2-8H,1H3;8H,1-7H3;2-5H,1H3;;;;/q4*-1;;;;;;;;/p+1/b;;;;;;10-8-;;;;;. The molecular weight excluding hydrogens is 2380 g/mol. The van der Waals surface area contributed by atoms with Crippen molar-refractivity contribution in [3.05, 3.63) is 417 Å². The Balaban J connectivity index is 0.000000160. The molecule has 135 heavy (non-hydrogen) atoms. The number of fused-ring (bicyclic) bond motifs is 20. The summed E-state index contributed by atoms with van der Waals surface area (Å²) in [4.78, 5) is 51.3. The number of hydrogen-bond acceptors (Lipinski definition) is 10. The van der Waals surface area contributed by atoms with Crippen molar-refractivity contribution in [1.29, 1.82) is 0 Å². The molecule has 21 rings (SSSR count). The molecule has 0 fully saturated rings. The summed E-state index contributed by atoms with van der Waals surface area (Å²) in [5.74, 6) is 0.442. The van der Waals surface area contributed by atoms with Gasteiger partial charge in [-0.15, -0.1) is 140 Å². The van der Waals surface area contributed by atoms with Crippen LogP contribution in [0.1, 0.15) is 116 Å². The van der Waals surface area contributed by atoms with E-state index in [9.17, 15) is 14.0 Å². The Hall–Kier alpha value is -12.5. The maximum atomic E-state index is 12.6. The third-order valence-electron chi connectivity index (χ3n) is 22.8. The summed E-state index contributed by atoms with van der Waals surface area (Å²) in [5, 5.41) is 23.7. The minimum atomic E-state index is -0.402. The van der Waals surface area contributed by atoms with Crippen molar-refractivity contribution >= 4 is 142 Å². The Morgan fingerprint density at radius 1 is 0.326 bits per heavy atom. The average Bonchev–Trinajstić information content (AvgIpc) is 0.806. The number of ether oxygens (including phenoxy) is 2. The Labute approximate surface area is 844 Å². The zero-order valence-corrected chi connectivity index (χ0v) is 88.1. The Morgan fingerprint density at radius 2 is 0.689 bits per heavy atom. The number of pyridine rings is 7. The minimum Gasteiger partial charge on any atom is -0.500 e. The number of hydrogen-bond donors (Lipinski definition) is 0. The van der Waals surface area contributed by atoms with Gasteiger partial charge < -0.3 is 29.4 Å². The molecule has 16 heteroatoms. The van der Waals surface area contributed by atoms with E-state index in [1.165, 1.54) is 128 Å². The summed E-state index contributed by atoms with van der Waals surface area (Å²) in [5.41, 5.74) is 13.8. The summed E-state index contributed by atoms with van der Waals surface area (Å²) >= 11 is 0. The third kappa shape index (κ3) is 25.7. The van der Waals surface area contributed by atoms with Crippen LogP contribution in [0.4, 0.5) is 4.39 Å². The normalized spacial score (nSPS) is 11.2. The summed E-state index contributed by atoms with van der Waals surface area (Å²) in [6.45, 7) is 29.7. The molecule has 0 unspecified atom stereocenters. The van der Waals surface area contributed by atoms with Gasteiger partial charge in [0.1, 0.15) is 17.3 Å². The number of esters is 1. The first-order valence-electron chi connectivity index (χ1n) is 43.9. The predicted molar refractivity (Wildman–Crippen MR) is 545 cm³/mol. The second-order valence-corrected chi connectivity index (χ2v) is 36.2. The molecule has 0 aliphatic heterocycles. The largest absolute Gasteiger partial charge is 0.500 e. The van der Waals surface area contributed by atoms with Gasteiger partial charge in [0, 0.05) is 134 Å². The topological polar surface area (TPSA) is 147 Å². The number of rotatable bonds is 5. The molecular formula is C119H107FIr4N7O4-3. The van der Waals surface area contributed by atoms with Gasteiger partial charge in [0.15, 0.2) is 0 Å². The number of methoxy groups -OCH3 is 2. The molecule has 0 spiro atoms. The van der Waals surface area contributed by atoms with Crippen molar-refractivity contribution in [3.8, 4) is 22.5 Å². The van der Waals surface area contributed by atoms with Gasteiger partial charge in [-0.2, -0.15) is 0 Å². The van der Waals surface area contributed by atoms with Crippen LogP contribution in [-0.2, 0) is 101 Å². The summed E-state index contributed by atoms with van der Waals surface area (Å²) in [6, 6.07) is 115. The van der Waals surface area contributed by atoms with E-state index in [2.05, 4.69) is 298 Å². The third-order valence-corrected chi connectivity index (χ3v) is 22.8. The molecule has 14 aromatic carbocycles. The Morgan fingerprint density at radius 3 is 1.06 bits per heavy atom. The fraction of sp³-hybridized carbons (Fsp3) is 0.168. The quantitative estimate of drug-likeness (QED) is 0.0407. The number of aromatic nitrogens is 7. The number of aryl methyl sites for hydroxylation is 2. The van der Waals surface area contributed by atoms with Gasteiger partial charge in [0.2, 0.25) is 0 Å². The molecule has 1 N–H and O–H groups in total. The van der Waals surface area contributed by atoms with Crippen molar-refractivity contribution in [2.24, 2.45) is 10.8 Å². The molecule has 0 aliphatic carbocycles. The summed E-state index contributed by atoms with van der Waals surface area (Å²) in [7, 11) is 2.96. The monoisotopic (exact) mass is 2490 g/mol. The maximum Gasteiger partial charge on any atom is 0.356 e. The zero-order chi connectivity index (χ0) is 92.6. The first kappa shape index (κ1) is 105.